The number of hydrogen-bond donors (Lipinski definition) is 3. The van der Waals surface area contributed by atoms with Crippen LogP contribution < -0.4 is 31.2 Å². The van der Waals surface area contributed by atoms with E-state index in [0.29, 0.717) is 92.4 Å². The number of ether oxygens (including phenoxy) is 2. The Kier molecular flexibility index (Phi) is 15.5. The second kappa shape index (κ2) is 20.5. The molecular weight excluding hydrogens is 841 g/mol. The summed E-state index contributed by atoms with van der Waals surface area (Å²) in [6, 6.07) is 27.5. The minimum absolute atomic E-state index is 0. The summed E-state index contributed by atoms with van der Waals surface area (Å²) in [4.78, 5) is 35.1. The highest BCUT2D eigenvalue weighted by Gasteiger charge is 2.35. The lowest BCUT2D eigenvalue weighted by Gasteiger charge is -2.39. The third kappa shape index (κ3) is 10.1. The zero-order valence-corrected chi connectivity index (χ0v) is 35.5. The van der Waals surface area contributed by atoms with Gasteiger partial charge in [-0.1, -0.05) is 71.7 Å². The molecule has 2 aliphatic rings. The number of nitrogens with two attached hydrogens (primary N) is 1. The Bertz CT molecular complexity index is 2360. The van der Waals surface area contributed by atoms with Gasteiger partial charge < -0.3 is 41.7 Å². The first-order chi connectivity index (χ1) is 28.9. The van der Waals surface area contributed by atoms with Gasteiger partial charge in [0.2, 0.25) is 5.91 Å². The molecule has 0 aliphatic carbocycles. The highest BCUT2D eigenvalue weighted by Crippen LogP contribution is 2.38. The van der Waals surface area contributed by atoms with Gasteiger partial charge in [0.05, 0.1) is 25.3 Å². The van der Waals surface area contributed by atoms with Gasteiger partial charge in [0.25, 0.3) is 0 Å². The maximum absolute atomic E-state index is 15.4. The summed E-state index contributed by atoms with van der Waals surface area (Å²) in [5, 5.41) is 10.2. The Morgan fingerprint density at radius 3 is 1.47 bits per heavy atom. The molecule has 4 aromatic carbocycles. The van der Waals surface area contributed by atoms with Crippen LogP contribution in [0.5, 0.6) is 11.5 Å². The summed E-state index contributed by atoms with van der Waals surface area (Å²) in [6.45, 7) is 1.41. The molecule has 16 heteroatoms. The van der Waals surface area contributed by atoms with Crippen molar-refractivity contribution in [1.82, 2.24) is 16.1 Å². The molecule has 0 radical (unpaired) electrons. The molecule has 4 heterocycles. The third-order valence-electron chi connectivity index (χ3n) is 10.7. The number of primary amides is 1. The number of carboxylic acids is 1. The van der Waals surface area contributed by atoms with Crippen molar-refractivity contribution in [3.05, 3.63) is 153 Å². The molecular formula is C46H46Cl2F2N6O6. The van der Waals surface area contributed by atoms with E-state index < -0.39 is 12.0 Å². The standard InChI is InChI=1S/C23H21ClFN3O2.C23H20ClFN2O3.H3N.H2O/c1-30-19-7-6-16(22(25)21(19)15-3-2-4-17(24)12-15)11-14-5-8-20(27-13-14)28-10-9-18(28)23(26)29;1-30-19-7-6-16(22(25)21(19)15-3-2-4-17(24)12-15)11-14-5-8-20(26-13-14)27-10-9-18(27)23(28)29;;/h2-8,12-13,18H,9-11H2,1H3,(H2,26,29);2-8,12-13,18H,9-11H2,1H3,(H,28,29);1H3;1H2/t2*18-;;/m11../s1. The number of benzene rings is 4. The first kappa shape index (κ1) is 46.7. The van der Waals surface area contributed by atoms with Gasteiger partial charge >= 0.3 is 5.97 Å². The van der Waals surface area contributed by atoms with Crippen LogP contribution in [0.3, 0.4) is 0 Å². The topological polar surface area (TPSA) is 198 Å². The number of carbonyl (C=O) groups is 2. The van der Waals surface area contributed by atoms with E-state index in [2.05, 4.69) is 9.97 Å². The fourth-order valence-electron chi connectivity index (χ4n) is 7.34. The number of halogens is 4. The van der Waals surface area contributed by atoms with Gasteiger partial charge in [-0.05, 0) is 94.8 Å². The quantitative estimate of drug-likeness (QED) is 0.107. The van der Waals surface area contributed by atoms with Crippen molar-refractivity contribution < 1.29 is 38.4 Å². The molecule has 2 aromatic heterocycles. The molecule has 2 atom stereocenters. The smallest absolute Gasteiger partial charge is 0.326 e. The minimum Gasteiger partial charge on any atom is -0.496 e. The summed E-state index contributed by atoms with van der Waals surface area (Å²) in [5.41, 5.74) is 10.2. The van der Waals surface area contributed by atoms with Crippen LogP contribution >= 0.6 is 23.2 Å². The van der Waals surface area contributed by atoms with E-state index in [4.69, 9.17) is 38.4 Å². The van der Waals surface area contributed by atoms with Gasteiger partial charge in [-0.2, -0.15) is 0 Å². The summed E-state index contributed by atoms with van der Waals surface area (Å²) < 4.78 is 41.6. The number of amides is 1. The molecule has 2 saturated heterocycles. The number of carboxylic acid groups (broad SMARTS) is 1. The van der Waals surface area contributed by atoms with E-state index in [1.807, 2.05) is 23.1 Å². The lowest BCUT2D eigenvalue weighted by Crippen LogP contribution is -2.55. The second-order valence-corrected chi connectivity index (χ2v) is 15.3. The number of hydrogen-bond acceptors (Lipinski definition) is 9. The lowest BCUT2D eigenvalue weighted by atomic mass is 9.97. The zero-order valence-electron chi connectivity index (χ0n) is 34.0. The number of aliphatic carboxylic acids is 1. The van der Waals surface area contributed by atoms with Gasteiger partial charge in [0, 0.05) is 48.4 Å². The van der Waals surface area contributed by atoms with Gasteiger partial charge in [-0.15, -0.1) is 0 Å². The van der Waals surface area contributed by atoms with Gasteiger partial charge in [-0.25, -0.2) is 23.5 Å². The molecule has 8 rings (SSSR count). The van der Waals surface area contributed by atoms with E-state index >= 15 is 8.78 Å². The SMILES string of the molecule is COc1ccc(Cc2ccc(N3CC[C@@H]3C(=O)O)nc2)c(F)c1-c1cccc(Cl)c1.COc1ccc(Cc2ccc(N3CC[C@@H]3C(N)=O)nc2)c(F)c1-c1cccc(Cl)c1.N.O. The first-order valence-electron chi connectivity index (χ1n) is 19.1. The largest absolute Gasteiger partial charge is 0.496 e. The molecule has 0 saturated carbocycles. The molecule has 12 nitrogen and oxygen atoms in total. The monoisotopic (exact) mass is 886 g/mol. The van der Waals surface area contributed by atoms with Crippen LogP contribution in [0.2, 0.25) is 10.0 Å². The zero-order chi connectivity index (χ0) is 42.5. The van der Waals surface area contributed by atoms with Crippen LogP contribution in [-0.2, 0) is 22.4 Å². The summed E-state index contributed by atoms with van der Waals surface area (Å²) in [5.74, 6) is 0.288. The van der Waals surface area contributed by atoms with Crippen LogP contribution in [0, 0.1) is 11.6 Å². The average Bonchev–Trinajstić information content (AvgIpc) is 3.19. The first-order valence-corrected chi connectivity index (χ1v) is 19.9. The average molecular weight is 888 g/mol. The van der Waals surface area contributed by atoms with Crippen LogP contribution in [0.1, 0.15) is 35.1 Å². The van der Waals surface area contributed by atoms with Gasteiger partial charge in [0.1, 0.15) is 46.9 Å². The van der Waals surface area contributed by atoms with E-state index in [1.165, 1.54) is 14.2 Å². The molecule has 6 aromatic rings. The Morgan fingerprint density at radius 1 is 0.710 bits per heavy atom. The Morgan fingerprint density at radius 2 is 1.15 bits per heavy atom. The summed E-state index contributed by atoms with van der Waals surface area (Å²) >= 11 is 12.2. The van der Waals surface area contributed by atoms with E-state index in [9.17, 15) is 14.7 Å². The third-order valence-corrected chi connectivity index (χ3v) is 11.2. The maximum Gasteiger partial charge on any atom is 0.326 e. The normalized spacial score (nSPS) is 15.1. The second-order valence-electron chi connectivity index (χ2n) is 14.4. The van der Waals surface area contributed by atoms with Crippen molar-refractivity contribution in [1.29, 1.82) is 0 Å². The predicted octanol–water partition coefficient (Wildman–Crippen LogP) is 8.35. The number of anilines is 2. The molecule has 0 unspecified atom stereocenters. The highest BCUT2D eigenvalue weighted by molar-refractivity contribution is 6.31. The minimum atomic E-state index is -0.846. The molecule has 8 N–H and O–H groups in total. The summed E-state index contributed by atoms with van der Waals surface area (Å²) in [6.07, 6.45) is 5.43. The van der Waals surface area contributed by atoms with Crippen molar-refractivity contribution in [2.45, 2.75) is 37.8 Å². The summed E-state index contributed by atoms with van der Waals surface area (Å²) in [7, 11) is 3.02. The maximum atomic E-state index is 15.4. The Balaban J connectivity index is 0.000000227. The number of nitrogens with zero attached hydrogens (tertiary/aromatic N) is 4. The van der Waals surface area contributed by atoms with Crippen molar-refractivity contribution in [2.24, 2.45) is 5.73 Å². The lowest BCUT2D eigenvalue weighted by molar-refractivity contribution is -0.140. The molecule has 1 amide bonds. The number of rotatable bonds is 12. The van der Waals surface area contributed by atoms with E-state index in [1.54, 1.807) is 96.2 Å². The van der Waals surface area contributed by atoms with Crippen LogP contribution in [0.25, 0.3) is 22.3 Å². The molecule has 62 heavy (non-hydrogen) atoms. The van der Waals surface area contributed by atoms with E-state index in [0.717, 1.165) is 24.1 Å². The van der Waals surface area contributed by atoms with Crippen LogP contribution in [-0.4, -0.2) is 71.8 Å². The Labute approximate surface area is 367 Å². The number of pyridine rings is 2. The van der Waals surface area contributed by atoms with Gasteiger partial charge in [-0.3, -0.25) is 4.79 Å². The fourth-order valence-corrected chi connectivity index (χ4v) is 7.72. The number of aromatic nitrogens is 2. The molecule has 2 fully saturated rings. The molecule has 324 valence electrons. The van der Waals surface area contributed by atoms with Crippen molar-refractivity contribution >= 4 is 46.7 Å². The Hall–Kier alpha value is -6.32. The van der Waals surface area contributed by atoms with Crippen LogP contribution in [0.4, 0.5) is 20.4 Å². The fraction of sp³-hybridized carbons (Fsp3) is 0.217. The van der Waals surface area contributed by atoms with Crippen molar-refractivity contribution in [3.63, 3.8) is 0 Å². The predicted molar refractivity (Wildman–Crippen MR) is 238 cm³/mol. The molecule has 0 bridgehead atoms. The highest BCUT2D eigenvalue weighted by atomic mass is 35.5. The number of carbonyl (C=O) groups excluding carboxylic acids is 1. The van der Waals surface area contributed by atoms with E-state index in [-0.39, 0.29) is 35.2 Å². The van der Waals surface area contributed by atoms with Crippen molar-refractivity contribution in [2.75, 3.05) is 37.1 Å². The molecule has 2 aliphatic heterocycles. The van der Waals surface area contributed by atoms with Crippen LogP contribution in [0.15, 0.2) is 109 Å². The molecule has 0 spiro atoms. The van der Waals surface area contributed by atoms with Gasteiger partial charge in [0.15, 0.2) is 0 Å². The van der Waals surface area contributed by atoms with Crippen molar-refractivity contribution in [3.8, 4) is 33.8 Å². The number of methoxy groups -OCH3 is 2.